The average Bonchev–Trinajstić information content (AvgIpc) is 2.56. The Morgan fingerprint density at radius 2 is 2.35 bits per heavy atom. The molecule has 0 aliphatic heterocycles. The van der Waals surface area contributed by atoms with Crippen molar-refractivity contribution in [2.75, 3.05) is 6.54 Å². The van der Waals surface area contributed by atoms with Gasteiger partial charge in [-0.15, -0.1) is 0 Å². The standard InChI is InChI=1S/C12H17N3O2/c1-9-10(6-11(7-13)15(9)2)8-14-5-3-4-12(16)17/h6,14H,3-5,8H2,1-2H3,(H,16,17). The number of aromatic nitrogens is 1. The molecule has 0 bridgehead atoms. The van der Waals surface area contributed by atoms with Crippen LogP contribution in [0.15, 0.2) is 6.07 Å². The van der Waals surface area contributed by atoms with Crippen molar-refractivity contribution in [3.05, 3.63) is 23.0 Å². The van der Waals surface area contributed by atoms with Crippen molar-refractivity contribution < 1.29 is 9.90 Å². The Bertz CT molecular complexity index is 443. The summed E-state index contributed by atoms with van der Waals surface area (Å²) in [7, 11) is 1.86. The molecular formula is C12H17N3O2. The number of nitrogens with one attached hydrogen (secondary N) is 1. The highest BCUT2D eigenvalue weighted by Gasteiger charge is 2.07. The van der Waals surface area contributed by atoms with Crippen LogP contribution in [-0.2, 0) is 18.4 Å². The van der Waals surface area contributed by atoms with E-state index in [0.29, 0.717) is 25.2 Å². The minimum atomic E-state index is -0.769. The fourth-order valence-electron chi connectivity index (χ4n) is 1.64. The fourth-order valence-corrected chi connectivity index (χ4v) is 1.64. The molecule has 1 heterocycles. The van der Waals surface area contributed by atoms with Gasteiger partial charge in [-0.3, -0.25) is 4.79 Å². The quantitative estimate of drug-likeness (QED) is 0.725. The van der Waals surface area contributed by atoms with Gasteiger partial charge in [0.15, 0.2) is 0 Å². The zero-order valence-corrected chi connectivity index (χ0v) is 10.2. The van der Waals surface area contributed by atoms with Gasteiger partial charge in [-0.25, -0.2) is 0 Å². The Balaban J connectivity index is 2.42. The lowest BCUT2D eigenvalue weighted by molar-refractivity contribution is -0.137. The van der Waals surface area contributed by atoms with Gasteiger partial charge in [0.1, 0.15) is 11.8 Å². The number of aliphatic carboxylic acids is 1. The minimum absolute atomic E-state index is 0.185. The largest absolute Gasteiger partial charge is 0.481 e. The zero-order chi connectivity index (χ0) is 12.8. The van der Waals surface area contributed by atoms with Crippen LogP contribution in [0.25, 0.3) is 0 Å². The highest BCUT2D eigenvalue weighted by atomic mass is 16.4. The first kappa shape index (κ1) is 13.3. The van der Waals surface area contributed by atoms with E-state index in [0.717, 1.165) is 11.3 Å². The van der Waals surface area contributed by atoms with Crippen LogP contribution in [0, 0.1) is 18.3 Å². The van der Waals surface area contributed by atoms with Gasteiger partial charge in [-0.05, 0) is 31.5 Å². The van der Waals surface area contributed by atoms with E-state index < -0.39 is 5.97 Å². The summed E-state index contributed by atoms with van der Waals surface area (Å²) in [6.45, 7) is 3.30. The SMILES string of the molecule is Cc1c(CNCCCC(=O)O)cc(C#N)n1C. The highest BCUT2D eigenvalue weighted by Crippen LogP contribution is 2.12. The summed E-state index contributed by atoms with van der Waals surface area (Å²) < 4.78 is 1.86. The maximum Gasteiger partial charge on any atom is 0.303 e. The maximum atomic E-state index is 10.3. The van der Waals surface area contributed by atoms with Crippen LogP contribution < -0.4 is 5.32 Å². The molecule has 0 unspecified atom stereocenters. The van der Waals surface area contributed by atoms with E-state index in [-0.39, 0.29) is 6.42 Å². The van der Waals surface area contributed by atoms with Gasteiger partial charge in [0, 0.05) is 25.7 Å². The first-order valence-corrected chi connectivity index (χ1v) is 5.54. The van der Waals surface area contributed by atoms with Crippen molar-refractivity contribution in [3.63, 3.8) is 0 Å². The lowest BCUT2D eigenvalue weighted by atomic mass is 10.2. The first-order chi connectivity index (χ1) is 8.06. The minimum Gasteiger partial charge on any atom is -0.481 e. The monoisotopic (exact) mass is 235 g/mol. The number of carboxylic acid groups (broad SMARTS) is 1. The number of nitriles is 1. The summed E-state index contributed by atoms with van der Waals surface area (Å²) in [5.41, 5.74) is 2.79. The maximum absolute atomic E-state index is 10.3. The molecule has 0 saturated heterocycles. The molecule has 0 aromatic carbocycles. The third kappa shape index (κ3) is 3.61. The normalized spacial score (nSPS) is 10.2. The van der Waals surface area contributed by atoms with Gasteiger partial charge >= 0.3 is 5.97 Å². The number of hydrogen-bond acceptors (Lipinski definition) is 3. The van der Waals surface area contributed by atoms with Gasteiger partial charge in [0.2, 0.25) is 0 Å². The van der Waals surface area contributed by atoms with Gasteiger partial charge in [0.25, 0.3) is 0 Å². The second kappa shape index (κ2) is 6.06. The molecule has 0 amide bonds. The van der Waals surface area contributed by atoms with Crippen LogP contribution in [0.3, 0.4) is 0 Å². The second-order valence-electron chi connectivity index (χ2n) is 3.99. The Hall–Kier alpha value is -1.80. The highest BCUT2D eigenvalue weighted by molar-refractivity contribution is 5.66. The molecule has 0 spiro atoms. The summed E-state index contributed by atoms with van der Waals surface area (Å²) in [4.78, 5) is 10.3. The summed E-state index contributed by atoms with van der Waals surface area (Å²) in [5.74, 6) is -0.769. The third-order valence-electron chi connectivity index (χ3n) is 2.81. The van der Waals surface area contributed by atoms with E-state index >= 15 is 0 Å². The average molecular weight is 235 g/mol. The number of nitrogens with zero attached hydrogens (tertiary/aromatic N) is 2. The lowest BCUT2D eigenvalue weighted by Crippen LogP contribution is -2.16. The molecule has 2 N–H and O–H groups in total. The van der Waals surface area contributed by atoms with Crippen LogP contribution >= 0.6 is 0 Å². The second-order valence-corrected chi connectivity index (χ2v) is 3.99. The Morgan fingerprint density at radius 1 is 1.65 bits per heavy atom. The molecule has 1 aromatic rings. The molecule has 0 aliphatic rings. The van der Waals surface area contributed by atoms with Crippen LogP contribution in [0.1, 0.15) is 29.8 Å². The Kier molecular flexibility index (Phi) is 4.73. The van der Waals surface area contributed by atoms with Crippen molar-refractivity contribution in [2.24, 2.45) is 7.05 Å². The smallest absolute Gasteiger partial charge is 0.303 e. The lowest BCUT2D eigenvalue weighted by Gasteiger charge is -2.04. The number of carboxylic acids is 1. The van der Waals surface area contributed by atoms with Crippen molar-refractivity contribution >= 4 is 5.97 Å². The number of carbonyl (C=O) groups is 1. The molecule has 17 heavy (non-hydrogen) atoms. The van der Waals surface area contributed by atoms with E-state index in [4.69, 9.17) is 10.4 Å². The fraction of sp³-hybridized carbons (Fsp3) is 0.500. The summed E-state index contributed by atoms with van der Waals surface area (Å²) in [6, 6.07) is 3.99. The molecular weight excluding hydrogens is 218 g/mol. The number of hydrogen-bond donors (Lipinski definition) is 2. The molecule has 5 nitrogen and oxygen atoms in total. The molecule has 5 heteroatoms. The molecule has 0 fully saturated rings. The molecule has 0 radical (unpaired) electrons. The zero-order valence-electron chi connectivity index (χ0n) is 10.2. The molecule has 1 rings (SSSR count). The van der Waals surface area contributed by atoms with Gasteiger partial charge in [-0.1, -0.05) is 0 Å². The predicted molar refractivity (Wildman–Crippen MR) is 63.4 cm³/mol. The number of rotatable bonds is 6. The van der Waals surface area contributed by atoms with Crippen LogP contribution in [0.4, 0.5) is 0 Å². The molecule has 0 saturated carbocycles. The van der Waals surface area contributed by atoms with Crippen molar-refractivity contribution in [2.45, 2.75) is 26.3 Å². The van der Waals surface area contributed by atoms with Gasteiger partial charge in [-0.2, -0.15) is 5.26 Å². The summed E-state index contributed by atoms with van der Waals surface area (Å²) in [6.07, 6.45) is 0.802. The molecule has 1 aromatic heterocycles. The van der Waals surface area contributed by atoms with Gasteiger partial charge in [0.05, 0.1) is 0 Å². The summed E-state index contributed by atoms with van der Waals surface area (Å²) >= 11 is 0. The third-order valence-corrected chi connectivity index (χ3v) is 2.81. The van der Waals surface area contributed by atoms with Crippen LogP contribution in [-0.4, -0.2) is 22.2 Å². The van der Waals surface area contributed by atoms with Gasteiger partial charge < -0.3 is 15.0 Å². The molecule has 92 valence electrons. The molecule has 0 aliphatic carbocycles. The van der Waals surface area contributed by atoms with E-state index in [1.54, 1.807) is 0 Å². The van der Waals surface area contributed by atoms with Crippen LogP contribution in [0.2, 0.25) is 0 Å². The van der Waals surface area contributed by atoms with E-state index in [1.807, 2.05) is 24.6 Å². The Morgan fingerprint density at radius 3 is 2.88 bits per heavy atom. The van der Waals surface area contributed by atoms with Crippen LogP contribution in [0.5, 0.6) is 0 Å². The first-order valence-electron chi connectivity index (χ1n) is 5.54. The molecule has 0 atom stereocenters. The topological polar surface area (TPSA) is 78.1 Å². The van der Waals surface area contributed by atoms with E-state index in [1.165, 1.54) is 0 Å². The van der Waals surface area contributed by atoms with E-state index in [2.05, 4.69) is 11.4 Å². The van der Waals surface area contributed by atoms with Crippen molar-refractivity contribution in [3.8, 4) is 6.07 Å². The van der Waals surface area contributed by atoms with E-state index in [9.17, 15) is 4.79 Å². The summed E-state index contributed by atoms with van der Waals surface area (Å²) in [5, 5.41) is 20.5. The van der Waals surface area contributed by atoms with Crippen molar-refractivity contribution in [1.29, 1.82) is 5.26 Å². The Labute approximate surface area is 101 Å². The predicted octanol–water partition coefficient (Wildman–Crippen LogP) is 1.16. The van der Waals surface area contributed by atoms with Crippen molar-refractivity contribution in [1.82, 2.24) is 9.88 Å².